The van der Waals surface area contributed by atoms with Gasteiger partial charge >= 0.3 is 0 Å². The Morgan fingerprint density at radius 2 is 1.85 bits per heavy atom. The van der Waals surface area contributed by atoms with Gasteiger partial charge in [0.05, 0.1) is 32.8 Å². The molecule has 0 radical (unpaired) electrons. The van der Waals surface area contributed by atoms with E-state index in [0.29, 0.717) is 30.5 Å². The minimum absolute atomic E-state index is 0.375. The normalized spacial score (nSPS) is 14.1. The second-order valence-corrected chi connectivity index (χ2v) is 6.20. The van der Waals surface area contributed by atoms with Crippen molar-refractivity contribution in [1.82, 2.24) is 15.1 Å². The summed E-state index contributed by atoms with van der Waals surface area (Å²) in [5.74, 6) is 2.49. The first-order valence-electron chi connectivity index (χ1n) is 8.63. The Kier molecular flexibility index (Phi) is 4.42. The number of fused-ring (bicyclic) bond motifs is 1. The first kappa shape index (κ1) is 17.0. The number of rotatable bonds is 5. The molecule has 7 heteroatoms. The third-order valence-corrected chi connectivity index (χ3v) is 4.55. The highest BCUT2D eigenvalue weighted by atomic mass is 16.5. The summed E-state index contributed by atoms with van der Waals surface area (Å²) in [6.45, 7) is 1.13. The molecular formula is C20H21N5O2. The molecule has 1 aliphatic rings. The molecule has 0 unspecified atom stereocenters. The van der Waals surface area contributed by atoms with E-state index in [-0.39, 0.29) is 0 Å². The molecule has 3 N–H and O–H groups in total. The van der Waals surface area contributed by atoms with Gasteiger partial charge in [-0.25, -0.2) is 4.99 Å². The van der Waals surface area contributed by atoms with Crippen LogP contribution in [0.25, 0.3) is 10.9 Å². The summed E-state index contributed by atoms with van der Waals surface area (Å²) >= 11 is 0. The molecule has 4 rings (SSSR count). The molecule has 0 aliphatic carbocycles. The summed E-state index contributed by atoms with van der Waals surface area (Å²) in [4.78, 5) is 4.44. The van der Waals surface area contributed by atoms with Crippen molar-refractivity contribution in [2.45, 2.75) is 6.54 Å². The zero-order valence-corrected chi connectivity index (χ0v) is 15.3. The van der Waals surface area contributed by atoms with Crippen molar-refractivity contribution in [3.8, 4) is 5.75 Å². The van der Waals surface area contributed by atoms with Crippen molar-refractivity contribution in [2.24, 2.45) is 10.7 Å². The number of ether oxygens (including phenoxy) is 2. The molecule has 0 fully saturated rings. The minimum Gasteiger partial charge on any atom is -0.497 e. The van der Waals surface area contributed by atoms with Crippen molar-refractivity contribution in [3.05, 3.63) is 71.4 Å². The van der Waals surface area contributed by atoms with Crippen LogP contribution in [0.3, 0.4) is 0 Å². The zero-order chi connectivity index (χ0) is 18.8. The number of para-hydroxylation sites is 1. The van der Waals surface area contributed by atoms with Gasteiger partial charge in [0.15, 0.2) is 17.4 Å². The lowest BCUT2D eigenvalue weighted by Crippen LogP contribution is -2.33. The predicted octanol–water partition coefficient (Wildman–Crippen LogP) is 2.22. The number of nitrogens with two attached hydrogens (primary N) is 1. The van der Waals surface area contributed by atoms with Crippen molar-refractivity contribution in [3.63, 3.8) is 0 Å². The van der Waals surface area contributed by atoms with E-state index in [1.807, 2.05) is 47.1 Å². The number of aliphatic imine (C=N–C) groups is 1. The molecule has 1 aliphatic heterocycles. The topological polar surface area (TPSA) is 86.7 Å². The van der Waals surface area contributed by atoms with Crippen LogP contribution in [0, 0.1) is 0 Å². The molecule has 2 aromatic carbocycles. The largest absolute Gasteiger partial charge is 0.497 e. The lowest BCUT2D eigenvalue weighted by Gasteiger charge is -2.16. The Balaban J connectivity index is 1.74. The van der Waals surface area contributed by atoms with Gasteiger partial charge in [0.2, 0.25) is 0 Å². The summed E-state index contributed by atoms with van der Waals surface area (Å²) in [6.07, 6.45) is 0. The van der Waals surface area contributed by atoms with Gasteiger partial charge in [-0.3, -0.25) is 4.68 Å². The van der Waals surface area contributed by atoms with Gasteiger partial charge < -0.3 is 20.5 Å². The SMILES string of the molecule is COC1=C(N)N=C(c2nn(Cc3ccc(OC)cc3)c3ccccc23)NC1. The highest BCUT2D eigenvalue weighted by Gasteiger charge is 2.20. The summed E-state index contributed by atoms with van der Waals surface area (Å²) in [6, 6.07) is 16.1. The van der Waals surface area contributed by atoms with Crippen LogP contribution in [0.2, 0.25) is 0 Å². The Morgan fingerprint density at radius 3 is 2.56 bits per heavy atom. The van der Waals surface area contributed by atoms with Gasteiger partial charge in [-0.15, -0.1) is 0 Å². The lowest BCUT2D eigenvalue weighted by molar-refractivity contribution is 0.276. The Morgan fingerprint density at radius 1 is 1.07 bits per heavy atom. The van der Waals surface area contributed by atoms with Crippen LogP contribution in [0.5, 0.6) is 5.75 Å². The van der Waals surface area contributed by atoms with Crippen molar-refractivity contribution in [2.75, 3.05) is 20.8 Å². The van der Waals surface area contributed by atoms with E-state index in [1.165, 1.54) is 0 Å². The van der Waals surface area contributed by atoms with Crippen LogP contribution in [0.15, 0.2) is 65.1 Å². The predicted molar refractivity (Wildman–Crippen MR) is 105 cm³/mol. The maximum Gasteiger partial charge on any atom is 0.165 e. The first-order chi connectivity index (χ1) is 13.2. The number of aromatic nitrogens is 2. The van der Waals surface area contributed by atoms with Crippen LogP contribution in [-0.2, 0) is 11.3 Å². The smallest absolute Gasteiger partial charge is 0.165 e. The van der Waals surface area contributed by atoms with Gasteiger partial charge in [0.1, 0.15) is 11.4 Å². The Labute approximate surface area is 157 Å². The second kappa shape index (κ2) is 7.03. The molecule has 0 bridgehead atoms. The van der Waals surface area contributed by atoms with Gasteiger partial charge in [-0.1, -0.05) is 30.3 Å². The minimum atomic E-state index is 0.375. The fraction of sp³-hybridized carbons (Fsp3) is 0.200. The molecule has 0 saturated heterocycles. The standard InChI is InChI=1S/C20H21N5O2/c1-26-14-9-7-13(8-10-14)12-25-16-6-4-3-5-15(16)18(24-25)20-22-11-17(27-2)19(21)23-20/h3-10H,11-12,21H2,1-2H3,(H,22,23). The fourth-order valence-corrected chi connectivity index (χ4v) is 3.12. The number of amidine groups is 1. The molecule has 2 heterocycles. The lowest BCUT2D eigenvalue weighted by atomic mass is 10.2. The van der Waals surface area contributed by atoms with E-state index in [2.05, 4.69) is 16.4 Å². The monoisotopic (exact) mass is 363 g/mol. The zero-order valence-electron chi connectivity index (χ0n) is 15.3. The number of nitrogens with zero attached hydrogens (tertiary/aromatic N) is 3. The summed E-state index contributed by atoms with van der Waals surface area (Å²) < 4.78 is 12.4. The summed E-state index contributed by atoms with van der Waals surface area (Å²) in [7, 11) is 3.25. The van der Waals surface area contributed by atoms with Crippen LogP contribution in [-0.4, -0.2) is 36.4 Å². The quantitative estimate of drug-likeness (QED) is 0.726. The molecular weight excluding hydrogens is 342 g/mol. The number of nitrogens with one attached hydrogen (secondary N) is 1. The molecule has 7 nitrogen and oxygen atoms in total. The highest BCUT2D eigenvalue weighted by molar-refractivity contribution is 6.08. The molecule has 0 saturated carbocycles. The van der Waals surface area contributed by atoms with Crippen LogP contribution in [0.1, 0.15) is 11.3 Å². The van der Waals surface area contributed by atoms with Crippen molar-refractivity contribution in [1.29, 1.82) is 0 Å². The number of methoxy groups -OCH3 is 2. The maximum absolute atomic E-state index is 6.00. The third-order valence-electron chi connectivity index (χ3n) is 4.55. The Hall–Kier alpha value is -3.48. The summed E-state index contributed by atoms with van der Waals surface area (Å²) in [5.41, 5.74) is 8.94. The molecule has 0 atom stereocenters. The number of hydrogen-bond acceptors (Lipinski definition) is 6. The Bertz CT molecular complexity index is 1030. The van der Waals surface area contributed by atoms with Crippen LogP contribution in [0.4, 0.5) is 0 Å². The third kappa shape index (κ3) is 3.19. The van der Waals surface area contributed by atoms with Crippen molar-refractivity contribution < 1.29 is 9.47 Å². The van der Waals surface area contributed by atoms with Crippen LogP contribution >= 0.6 is 0 Å². The van der Waals surface area contributed by atoms with Gasteiger partial charge in [0.25, 0.3) is 0 Å². The first-order valence-corrected chi connectivity index (χ1v) is 8.63. The molecule has 138 valence electrons. The van der Waals surface area contributed by atoms with E-state index < -0.39 is 0 Å². The van der Waals surface area contributed by atoms with Gasteiger partial charge in [0, 0.05) is 5.39 Å². The highest BCUT2D eigenvalue weighted by Crippen LogP contribution is 2.22. The molecule has 0 spiro atoms. The van der Waals surface area contributed by atoms with E-state index >= 15 is 0 Å². The van der Waals surface area contributed by atoms with Gasteiger partial charge in [-0.2, -0.15) is 5.10 Å². The second-order valence-electron chi connectivity index (χ2n) is 6.20. The summed E-state index contributed by atoms with van der Waals surface area (Å²) in [5, 5.41) is 9.07. The molecule has 27 heavy (non-hydrogen) atoms. The molecule has 0 amide bonds. The van der Waals surface area contributed by atoms with Gasteiger partial charge in [-0.05, 0) is 23.8 Å². The fourth-order valence-electron chi connectivity index (χ4n) is 3.12. The molecule has 1 aromatic heterocycles. The maximum atomic E-state index is 6.00. The van der Waals surface area contributed by atoms with Crippen LogP contribution < -0.4 is 15.8 Å². The van der Waals surface area contributed by atoms with E-state index in [4.69, 9.17) is 20.3 Å². The number of benzene rings is 2. The average molecular weight is 363 g/mol. The van der Waals surface area contributed by atoms with Crippen molar-refractivity contribution >= 4 is 16.7 Å². The van der Waals surface area contributed by atoms with E-state index in [1.54, 1.807) is 14.2 Å². The van der Waals surface area contributed by atoms with E-state index in [9.17, 15) is 0 Å². The molecule has 3 aromatic rings. The average Bonchev–Trinajstić information content (AvgIpc) is 3.07. The van der Waals surface area contributed by atoms with E-state index in [0.717, 1.165) is 27.9 Å². The number of hydrogen-bond donors (Lipinski definition) is 2.